The van der Waals surface area contributed by atoms with Crippen molar-refractivity contribution in [1.29, 1.82) is 0 Å². The van der Waals surface area contributed by atoms with Crippen LogP contribution < -0.4 is 10.1 Å². The van der Waals surface area contributed by atoms with Crippen LogP contribution >= 0.6 is 0 Å². The van der Waals surface area contributed by atoms with Gasteiger partial charge in [-0.15, -0.1) is 0 Å². The molecular formula is C20H28N4O. The summed E-state index contributed by atoms with van der Waals surface area (Å²) in [6.07, 6.45) is 6.05. The first kappa shape index (κ1) is 16.5. The van der Waals surface area contributed by atoms with E-state index >= 15 is 0 Å². The molecule has 2 aliphatic rings. The van der Waals surface area contributed by atoms with Gasteiger partial charge in [-0.25, -0.2) is 4.68 Å². The lowest BCUT2D eigenvalue weighted by atomic mass is 9.91. The van der Waals surface area contributed by atoms with Gasteiger partial charge in [-0.05, 0) is 57.8 Å². The Morgan fingerprint density at radius 1 is 1.20 bits per heavy atom. The highest BCUT2D eigenvalue weighted by atomic mass is 16.5. The smallest absolute Gasteiger partial charge is 0.144 e. The molecule has 134 valence electrons. The van der Waals surface area contributed by atoms with Crippen molar-refractivity contribution >= 4 is 5.82 Å². The lowest BCUT2D eigenvalue weighted by molar-refractivity contribution is 0.247. The van der Waals surface area contributed by atoms with Gasteiger partial charge in [0.15, 0.2) is 0 Å². The van der Waals surface area contributed by atoms with Crippen LogP contribution in [0.2, 0.25) is 0 Å². The zero-order valence-electron chi connectivity index (χ0n) is 15.3. The SMILES string of the molecule is COc1ccccc1-n1nc(C2CCCN(C)C2)c2c1NCCCC2. The van der Waals surface area contributed by atoms with Crippen LogP contribution in [0.1, 0.15) is 42.9 Å². The van der Waals surface area contributed by atoms with Crippen molar-refractivity contribution in [3.05, 3.63) is 35.5 Å². The minimum Gasteiger partial charge on any atom is -0.494 e. The average molecular weight is 340 g/mol. The van der Waals surface area contributed by atoms with Crippen molar-refractivity contribution < 1.29 is 4.74 Å². The second-order valence-electron chi connectivity index (χ2n) is 7.28. The summed E-state index contributed by atoms with van der Waals surface area (Å²) >= 11 is 0. The first-order valence-electron chi connectivity index (χ1n) is 9.45. The highest BCUT2D eigenvalue weighted by Crippen LogP contribution is 2.37. The van der Waals surface area contributed by atoms with Crippen LogP contribution in [-0.4, -0.2) is 48.5 Å². The Balaban J connectivity index is 1.82. The highest BCUT2D eigenvalue weighted by Gasteiger charge is 2.29. The summed E-state index contributed by atoms with van der Waals surface area (Å²) in [6, 6.07) is 8.16. The normalized spacial score (nSPS) is 21.3. The Morgan fingerprint density at radius 3 is 2.92 bits per heavy atom. The minimum atomic E-state index is 0.531. The Hall–Kier alpha value is -2.01. The van der Waals surface area contributed by atoms with E-state index in [1.807, 2.05) is 12.1 Å². The third-order valence-electron chi connectivity index (χ3n) is 5.49. The van der Waals surface area contributed by atoms with Gasteiger partial charge in [0.2, 0.25) is 0 Å². The monoisotopic (exact) mass is 340 g/mol. The number of likely N-dealkylation sites (N-methyl/N-ethyl adjacent to an activating group) is 1. The quantitative estimate of drug-likeness (QED) is 0.929. The molecule has 1 fully saturated rings. The second kappa shape index (κ2) is 7.08. The highest BCUT2D eigenvalue weighted by molar-refractivity contribution is 5.58. The number of benzene rings is 1. The zero-order valence-corrected chi connectivity index (χ0v) is 15.3. The van der Waals surface area contributed by atoms with Crippen LogP contribution in [0.4, 0.5) is 5.82 Å². The van der Waals surface area contributed by atoms with Crippen molar-refractivity contribution in [2.24, 2.45) is 0 Å². The van der Waals surface area contributed by atoms with E-state index in [1.165, 1.54) is 49.3 Å². The molecule has 2 aromatic rings. The van der Waals surface area contributed by atoms with E-state index in [0.717, 1.165) is 30.9 Å². The molecule has 0 saturated carbocycles. The van der Waals surface area contributed by atoms with Crippen LogP contribution in [0.5, 0.6) is 5.75 Å². The van der Waals surface area contributed by atoms with Crippen LogP contribution in [0.3, 0.4) is 0 Å². The minimum absolute atomic E-state index is 0.531. The van der Waals surface area contributed by atoms with E-state index in [-0.39, 0.29) is 0 Å². The van der Waals surface area contributed by atoms with E-state index in [9.17, 15) is 0 Å². The van der Waals surface area contributed by atoms with Gasteiger partial charge < -0.3 is 15.0 Å². The van der Waals surface area contributed by atoms with Crippen molar-refractivity contribution in [2.75, 3.05) is 39.1 Å². The molecule has 1 unspecified atom stereocenters. The van der Waals surface area contributed by atoms with Gasteiger partial charge in [0.25, 0.3) is 0 Å². The van der Waals surface area contributed by atoms with E-state index in [2.05, 4.69) is 34.1 Å². The van der Waals surface area contributed by atoms with Crippen molar-refractivity contribution in [3.63, 3.8) is 0 Å². The molecule has 5 heteroatoms. The Kier molecular flexibility index (Phi) is 4.66. The van der Waals surface area contributed by atoms with Crippen molar-refractivity contribution in [3.8, 4) is 11.4 Å². The van der Waals surface area contributed by atoms with E-state index < -0.39 is 0 Å². The molecule has 1 N–H and O–H groups in total. The first-order valence-corrected chi connectivity index (χ1v) is 9.45. The number of ether oxygens (including phenoxy) is 1. The van der Waals surface area contributed by atoms with Crippen LogP contribution in [0, 0.1) is 0 Å². The average Bonchev–Trinajstić information content (AvgIpc) is 2.82. The number of para-hydroxylation sites is 2. The van der Waals surface area contributed by atoms with Crippen LogP contribution in [-0.2, 0) is 6.42 Å². The van der Waals surface area contributed by atoms with Crippen LogP contribution in [0.25, 0.3) is 5.69 Å². The molecule has 1 aromatic heterocycles. The predicted molar refractivity (Wildman–Crippen MR) is 101 cm³/mol. The standard InChI is InChI=1S/C20H28N4O/c1-23-13-7-8-15(14-23)19-16-9-5-6-12-21-20(16)24(22-19)17-10-3-4-11-18(17)25-2/h3-4,10-11,15,21H,5-9,12-14H2,1-2H3. The lowest BCUT2D eigenvalue weighted by Crippen LogP contribution is -2.31. The molecule has 1 saturated heterocycles. The van der Waals surface area contributed by atoms with Gasteiger partial charge in [0, 0.05) is 24.6 Å². The van der Waals surface area contributed by atoms with Crippen molar-refractivity contribution in [2.45, 2.75) is 38.0 Å². The fourth-order valence-electron chi connectivity index (χ4n) is 4.23. The number of aromatic nitrogens is 2. The number of anilines is 1. The molecule has 1 atom stereocenters. The molecule has 5 nitrogen and oxygen atoms in total. The Morgan fingerprint density at radius 2 is 2.08 bits per heavy atom. The molecule has 3 heterocycles. The topological polar surface area (TPSA) is 42.3 Å². The largest absolute Gasteiger partial charge is 0.494 e. The van der Waals surface area contributed by atoms with Gasteiger partial charge in [-0.2, -0.15) is 5.10 Å². The predicted octanol–water partition coefficient (Wildman–Crippen LogP) is 3.44. The molecule has 0 amide bonds. The maximum Gasteiger partial charge on any atom is 0.144 e. The van der Waals surface area contributed by atoms with E-state index in [4.69, 9.17) is 9.84 Å². The molecule has 0 spiro atoms. The fraction of sp³-hybridized carbons (Fsp3) is 0.550. The number of piperidine rings is 1. The third-order valence-corrected chi connectivity index (χ3v) is 5.49. The molecule has 1 aromatic carbocycles. The maximum atomic E-state index is 5.60. The molecule has 25 heavy (non-hydrogen) atoms. The summed E-state index contributed by atoms with van der Waals surface area (Å²) in [5, 5.41) is 8.76. The first-order chi connectivity index (χ1) is 12.3. The summed E-state index contributed by atoms with van der Waals surface area (Å²) in [4.78, 5) is 2.44. The van der Waals surface area contributed by atoms with Gasteiger partial charge in [-0.1, -0.05) is 12.1 Å². The number of nitrogens with one attached hydrogen (secondary N) is 1. The molecule has 0 aliphatic carbocycles. The third kappa shape index (κ3) is 3.13. The molecule has 2 aliphatic heterocycles. The molecular weight excluding hydrogens is 312 g/mol. The molecule has 0 bridgehead atoms. The summed E-state index contributed by atoms with van der Waals surface area (Å²) in [5.41, 5.74) is 3.73. The van der Waals surface area contributed by atoms with Gasteiger partial charge >= 0.3 is 0 Å². The van der Waals surface area contributed by atoms with E-state index in [1.54, 1.807) is 7.11 Å². The number of likely N-dealkylation sites (tertiary alicyclic amines) is 1. The van der Waals surface area contributed by atoms with Gasteiger partial charge in [0.1, 0.15) is 17.3 Å². The maximum absolute atomic E-state index is 5.60. The van der Waals surface area contributed by atoms with Crippen LogP contribution in [0.15, 0.2) is 24.3 Å². The Bertz CT molecular complexity index is 739. The number of hydrogen-bond acceptors (Lipinski definition) is 4. The van der Waals surface area contributed by atoms with Crippen molar-refractivity contribution in [1.82, 2.24) is 14.7 Å². The lowest BCUT2D eigenvalue weighted by Gasteiger charge is -2.29. The van der Waals surface area contributed by atoms with Gasteiger partial charge in [0.05, 0.1) is 12.8 Å². The van der Waals surface area contributed by atoms with Gasteiger partial charge in [-0.3, -0.25) is 0 Å². The summed E-state index contributed by atoms with van der Waals surface area (Å²) in [5.74, 6) is 2.57. The number of fused-ring (bicyclic) bond motifs is 1. The zero-order chi connectivity index (χ0) is 17.2. The molecule has 4 rings (SSSR count). The number of nitrogens with zero attached hydrogens (tertiary/aromatic N) is 3. The molecule has 0 radical (unpaired) electrons. The summed E-state index contributed by atoms with van der Waals surface area (Å²) in [7, 11) is 3.95. The summed E-state index contributed by atoms with van der Waals surface area (Å²) < 4.78 is 7.68. The number of rotatable bonds is 3. The Labute approximate surface area is 150 Å². The summed E-state index contributed by atoms with van der Waals surface area (Å²) in [6.45, 7) is 3.32. The fourth-order valence-corrected chi connectivity index (χ4v) is 4.23. The number of hydrogen-bond donors (Lipinski definition) is 1. The van der Waals surface area contributed by atoms with E-state index in [0.29, 0.717) is 5.92 Å². The number of methoxy groups -OCH3 is 1. The second-order valence-corrected chi connectivity index (χ2v) is 7.28.